The van der Waals surface area contributed by atoms with Crippen LogP contribution < -0.4 is 10.6 Å². The van der Waals surface area contributed by atoms with E-state index in [1.165, 1.54) is 12.5 Å². The predicted octanol–water partition coefficient (Wildman–Crippen LogP) is 5.82. The first-order valence-electron chi connectivity index (χ1n) is 11.5. The number of carboxylic acids is 1. The van der Waals surface area contributed by atoms with Gasteiger partial charge in [-0.3, -0.25) is 9.59 Å². The molecule has 1 unspecified atom stereocenters. The number of amides is 1. The molecule has 174 valence electrons. The SMILES string of the molecule is Cc1c(C(Nc2ccc(C(=O)NCCC(=O)O)cc2)C2CCCCC2)oc2cccc(F)c12. The molecule has 7 heteroatoms. The third-order valence-corrected chi connectivity index (χ3v) is 6.44. The Balaban J connectivity index is 1.57. The largest absolute Gasteiger partial charge is 0.481 e. The molecule has 0 spiro atoms. The van der Waals surface area contributed by atoms with E-state index in [1.54, 1.807) is 24.3 Å². The zero-order chi connectivity index (χ0) is 23.4. The van der Waals surface area contributed by atoms with Crippen LogP contribution in [0.15, 0.2) is 46.9 Å². The van der Waals surface area contributed by atoms with E-state index in [1.807, 2.05) is 19.1 Å². The monoisotopic (exact) mass is 452 g/mol. The highest BCUT2D eigenvalue weighted by Crippen LogP contribution is 2.41. The molecule has 1 heterocycles. The number of aliphatic carboxylic acids is 1. The van der Waals surface area contributed by atoms with Crippen molar-refractivity contribution in [3.63, 3.8) is 0 Å². The number of nitrogens with one attached hydrogen (secondary N) is 2. The first-order chi connectivity index (χ1) is 15.9. The number of anilines is 1. The highest BCUT2D eigenvalue weighted by atomic mass is 19.1. The number of carbonyl (C=O) groups excluding carboxylic acids is 1. The van der Waals surface area contributed by atoms with Gasteiger partial charge in [-0.25, -0.2) is 4.39 Å². The number of rotatable bonds is 8. The lowest BCUT2D eigenvalue weighted by Gasteiger charge is -2.31. The average molecular weight is 453 g/mol. The van der Waals surface area contributed by atoms with Crippen molar-refractivity contribution in [2.45, 2.75) is 51.5 Å². The van der Waals surface area contributed by atoms with Crippen LogP contribution in [0, 0.1) is 18.7 Å². The van der Waals surface area contributed by atoms with Crippen molar-refractivity contribution in [1.29, 1.82) is 0 Å². The smallest absolute Gasteiger partial charge is 0.305 e. The summed E-state index contributed by atoms with van der Waals surface area (Å²) >= 11 is 0. The minimum atomic E-state index is -0.954. The Morgan fingerprint density at radius 3 is 2.52 bits per heavy atom. The first-order valence-corrected chi connectivity index (χ1v) is 11.5. The Hall–Kier alpha value is -3.35. The summed E-state index contributed by atoms with van der Waals surface area (Å²) in [7, 11) is 0. The number of aryl methyl sites for hydroxylation is 1. The molecule has 1 amide bonds. The van der Waals surface area contributed by atoms with E-state index in [4.69, 9.17) is 9.52 Å². The second kappa shape index (κ2) is 10.1. The summed E-state index contributed by atoms with van der Waals surface area (Å²) in [5, 5.41) is 15.4. The summed E-state index contributed by atoms with van der Waals surface area (Å²) in [6.07, 6.45) is 5.56. The van der Waals surface area contributed by atoms with E-state index in [-0.39, 0.29) is 30.7 Å². The van der Waals surface area contributed by atoms with Crippen LogP contribution in [0.4, 0.5) is 10.1 Å². The number of furan rings is 1. The zero-order valence-corrected chi connectivity index (χ0v) is 18.7. The lowest BCUT2D eigenvalue weighted by atomic mass is 9.82. The minimum absolute atomic E-state index is 0.0831. The maximum Gasteiger partial charge on any atom is 0.305 e. The Kier molecular flexibility index (Phi) is 6.96. The molecule has 3 N–H and O–H groups in total. The fraction of sp³-hybridized carbons (Fsp3) is 0.385. The van der Waals surface area contributed by atoms with Crippen LogP contribution in [0.25, 0.3) is 11.0 Å². The number of benzene rings is 2. The van der Waals surface area contributed by atoms with Gasteiger partial charge < -0.3 is 20.2 Å². The summed E-state index contributed by atoms with van der Waals surface area (Å²) in [6.45, 7) is 1.99. The lowest BCUT2D eigenvalue weighted by Crippen LogP contribution is -2.26. The van der Waals surface area contributed by atoms with Gasteiger partial charge >= 0.3 is 5.97 Å². The van der Waals surface area contributed by atoms with Crippen molar-refractivity contribution in [2.24, 2.45) is 5.92 Å². The van der Waals surface area contributed by atoms with Gasteiger partial charge in [-0.15, -0.1) is 0 Å². The van der Waals surface area contributed by atoms with E-state index in [0.717, 1.165) is 42.7 Å². The van der Waals surface area contributed by atoms with Crippen LogP contribution in [0.5, 0.6) is 0 Å². The van der Waals surface area contributed by atoms with Crippen LogP contribution in [0.2, 0.25) is 0 Å². The number of halogens is 1. The van der Waals surface area contributed by atoms with Gasteiger partial charge in [-0.1, -0.05) is 25.3 Å². The summed E-state index contributed by atoms with van der Waals surface area (Å²) in [5.74, 6) is -0.419. The summed E-state index contributed by atoms with van der Waals surface area (Å²) in [6, 6.07) is 11.9. The molecule has 1 saturated carbocycles. The predicted molar refractivity (Wildman–Crippen MR) is 125 cm³/mol. The van der Waals surface area contributed by atoms with Crippen molar-refractivity contribution in [2.75, 3.05) is 11.9 Å². The number of carbonyl (C=O) groups is 2. The van der Waals surface area contributed by atoms with Gasteiger partial charge in [0.05, 0.1) is 17.8 Å². The summed E-state index contributed by atoms with van der Waals surface area (Å²) in [4.78, 5) is 22.9. The van der Waals surface area contributed by atoms with Gasteiger partial charge in [0.15, 0.2) is 0 Å². The van der Waals surface area contributed by atoms with E-state index in [0.29, 0.717) is 22.5 Å². The Labute approximate surface area is 192 Å². The van der Waals surface area contributed by atoms with Crippen molar-refractivity contribution in [3.8, 4) is 0 Å². The number of hydrogen-bond acceptors (Lipinski definition) is 4. The quantitative estimate of drug-likeness (QED) is 0.401. The molecule has 0 saturated heterocycles. The first kappa shape index (κ1) is 22.8. The van der Waals surface area contributed by atoms with Crippen molar-refractivity contribution in [1.82, 2.24) is 5.32 Å². The Bertz CT molecular complexity index is 1130. The second-order valence-electron chi connectivity index (χ2n) is 8.70. The molecular weight excluding hydrogens is 423 g/mol. The lowest BCUT2D eigenvalue weighted by molar-refractivity contribution is -0.136. The Morgan fingerprint density at radius 1 is 1.12 bits per heavy atom. The molecule has 33 heavy (non-hydrogen) atoms. The zero-order valence-electron chi connectivity index (χ0n) is 18.7. The molecule has 0 radical (unpaired) electrons. The summed E-state index contributed by atoms with van der Waals surface area (Å²) in [5.41, 5.74) is 2.68. The number of carboxylic acid groups (broad SMARTS) is 1. The standard InChI is InChI=1S/C26H29FN2O4/c1-16-23-20(27)8-5-9-21(23)33-25(16)24(17-6-3-2-4-7-17)29-19-12-10-18(11-13-19)26(32)28-15-14-22(30)31/h5,8-13,17,24,29H,2-4,6-7,14-15H2,1H3,(H,28,32)(H,30,31). The van der Waals surface area contributed by atoms with E-state index in [2.05, 4.69) is 10.6 Å². The van der Waals surface area contributed by atoms with Crippen LogP contribution in [0.1, 0.15) is 66.2 Å². The van der Waals surface area contributed by atoms with Crippen molar-refractivity contribution in [3.05, 3.63) is 65.2 Å². The molecule has 1 fully saturated rings. The fourth-order valence-corrected chi connectivity index (χ4v) is 4.72. The molecule has 1 aliphatic rings. The normalized spacial score (nSPS) is 15.3. The van der Waals surface area contributed by atoms with E-state index >= 15 is 0 Å². The average Bonchev–Trinajstić information content (AvgIpc) is 3.15. The molecule has 0 aliphatic heterocycles. The van der Waals surface area contributed by atoms with Gasteiger partial charge in [0.1, 0.15) is 17.2 Å². The van der Waals surface area contributed by atoms with E-state index in [9.17, 15) is 14.0 Å². The third kappa shape index (κ3) is 5.18. The second-order valence-corrected chi connectivity index (χ2v) is 8.70. The minimum Gasteiger partial charge on any atom is -0.481 e. The molecule has 0 bridgehead atoms. The van der Waals surface area contributed by atoms with Crippen LogP contribution in [-0.4, -0.2) is 23.5 Å². The molecule has 6 nitrogen and oxygen atoms in total. The van der Waals surface area contributed by atoms with Gasteiger partial charge in [0.25, 0.3) is 5.91 Å². The molecular formula is C26H29FN2O4. The van der Waals surface area contributed by atoms with Crippen molar-refractivity contribution < 1.29 is 23.5 Å². The van der Waals surface area contributed by atoms with Gasteiger partial charge in [-0.2, -0.15) is 0 Å². The van der Waals surface area contributed by atoms with Gasteiger partial charge in [0.2, 0.25) is 0 Å². The molecule has 1 aliphatic carbocycles. The molecule has 3 aromatic rings. The highest BCUT2D eigenvalue weighted by Gasteiger charge is 2.30. The molecule has 4 rings (SSSR count). The molecule has 1 aromatic heterocycles. The topological polar surface area (TPSA) is 91.6 Å². The van der Waals surface area contributed by atoms with E-state index < -0.39 is 5.97 Å². The molecule has 2 aromatic carbocycles. The number of hydrogen-bond donors (Lipinski definition) is 3. The Morgan fingerprint density at radius 2 is 1.85 bits per heavy atom. The number of fused-ring (bicyclic) bond motifs is 1. The van der Waals surface area contributed by atoms with Crippen LogP contribution in [0.3, 0.4) is 0 Å². The fourth-order valence-electron chi connectivity index (χ4n) is 4.72. The van der Waals surface area contributed by atoms with Gasteiger partial charge in [-0.05, 0) is 62.1 Å². The highest BCUT2D eigenvalue weighted by molar-refractivity contribution is 5.94. The molecule has 1 atom stereocenters. The van der Waals surface area contributed by atoms with Gasteiger partial charge in [0, 0.05) is 23.4 Å². The maximum atomic E-state index is 14.5. The van der Waals surface area contributed by atoms with Crippen molar-refractivity contribution >= 4 is 28.5 Å². The maximum absolute atomic E-state index is 14.5. The third-order valence-electron chi connectivity index (χ3n) is 6.44. The van der Waals surface area contributed by atoms with Crippen LogP contribution in [-0.2, 0) is 4.79 Å². The van der Waals surface area contributed by atoms with Crippen LogP contribution >= 0.6 is 0 Å². The summed E-state index contributed by atoms with van der Waals surface area (Å²) < 4.78 is 20.7.